The Labute approximate surface area is 172 Å². The monoisotopic (exact) mass is 415 g/mol. The molecule has 2 bridgehead atoms. The van der Waals surface area contributed by atoms with E-state index in [4.69, 9.17) is 0 Å². The van der Waals surface area contributed by atoms with Crippen LogP contribution in [0.4, 0.5) is 5.69 Å². The molecule has 0 aromatic heterocycles. The van der Waals surface area contributed by atoms with Crippen LogP contribution in [0.25, 0.3) is 0 Å². The number of carbonyl (C=O) groups excluding carboxylic acids is 1. The third-order valence-electron chi connectivity index (χ3n) is 7.40. The number of carbonyl (C=O) groups is 1. The fraction of sp³-hybridized carbons (Fsp3) is 0.636. The Bertz CT molecular complexity index is 972. The molecule has 2 saturated carbocycles. The minimum absolute atomic E-state index is 0.112. The first-order chi connectivity index (χ1) is 13.9. The van der Waals surface area contributed by atoms with Gasteiger partial charge in [0.2, 0.25) is 0 Å². The smallest absolute Gasteiger partial charge is 0.286 e. The second-order valence-corrected chi connectivity index (χ2v) is 10.8. The number of nitrogens with one attached hydrogen (secondary N) is 1. The first-order valence-electron chi connectivity index (χ1n) is 11.0. The lowest BCUT2D eigenvalue weighted by Crippen LogP contribution is -2.40. The van der Waals surface area contributed by atoms with E-state index < -0.39 is 10.0 Å². The maximum Gasteiger partial charge on any atom is 0.286 e. The van der Waals surface area contributed by atoms with Gasteiger partial charge in [-0.2, -0.15) is 8.42 Å². The van der Waals surface area contributed by atoms with Crippen LogP contribution >= 0.6 is 0 Å². The number of amides is 1. The minimum Gasteiger partial charge on any atom is -0.349 e. The lowest BCUT2D eigenvalue weighted by atomic mass is 9.84. The number of sulfonamides is 1. The molecule has 6 nitrogen and oxygen atoms in total. The number of anilines is 1. The summed E-state index contributed by atoms with van der Waals surface area (Å²) in [5.41, 5.74) is 1.06. The van der Waals surface area contributed by atoms with Crippen molar-refractivity contribution in [3.05, 3.63) is 23.8 Å². The fourth-order valence-corrected chi connectivity index (χ4v) is 7.21. The highest BCUT2D eigenvalue weighted by Crippen LogP contribution is 2.49. The molecule has 4 atom stereocenters. The molecule has 1 saturated heterocycles. The summed E-state index contributed by atoms with van der Waals surface area (Å²) in [6, 6.07) is 5.16. The van der Waals surface area contributed by atoms with Crippen LogP contribution in [0, 0.1) is 17.8 Å². The molecular weight excluding hydrogens is 386 g/mol. The average molecular weight is 416 g/mol. The summed E-state index contributed by atoms with van der Waals surface area (Å²) in [6.45, 7) is 2.86. The van der Waals surface area contributed by atoms with Crippen LogP contribution in [0.3, 0.4) is 0 Å². The van der Waals surface area contributed by atoms with Gasteiger partial charge >= 0.3 is 0 Å². The van der Waals surface area contributed by atoms with E-state index in [-0.39, 0.29) is 16.8 Å². The van der Waals surface area contributed by atoms with Gasteiger partial charge in [-0.15, -0.1) is 4.40 Å². The highest BCUT2D eigenvalue weighted by molar-refractivity contribution is 7.90. The molecule has 5 rings (SSSR count). The van der Waals surface area contributed by atoms with Gasteiger partial charge < -0.3 is 10.2 Å². The highest BCUT2D eigenvalue weighted by atomic mass is 32.2. The van der Waals surface area contributed by atoms with E-state index >= 15 is 0 Å². The molecule has 29 heavy (non-hydrogen) atoms. The molecular formula is C22H29N3O3S. The van der Waals surface area contributed by atoms with Crippen molar-refractivity contribution in [1.82, 2.24) is 5.32 Å². The van der Waals surface area contributed by atoms with Crippen molar-refractivity contribution in [1.29, 1.82) is 0 Å². The van der Waals surface area contributed by atoms with E-state index in [0.717, 1.165) is 37.6 Å². The molecule has 2 heterocycles. The number of amidine groups is 1. The number of benzene rings is 1. The zero-order valence-corrected chi connectivity index (χ0v) is 17.7. The maximum atomic E-state index is 12.9. The van der Waals surface area contributed by atoms with Crippen molar-refractivity contribution in [2.45, 2.75) is 69.2 Å². The molecule has 0 unspecified atom stereocenters. The number of rotatable bonds is 3. The fourth-order valence-electron chi connectivity index (χ4n) is 5.92. The molecule has 1 aromatic rings. The summed E-state index contributed by atoms with van der Waals surface area (Å²) in [4.78, 5) is 15.1. The van der Waals surface area contributed by atoms with E-state index in [1.54, 1.807) is 12.1 Å². The predicted molar refractivity (Wildman–Crippen MR) is 113 cm³/mol. The topological polar surface area (TPSA) is 78.8 Å². The van der Waals surface area contributed by atoms with Gasteiger partial charge in [-0.25, -0.2) is 0 Å². The summed E-state index contributed by atoms with van der Waals surface area (Å²) in [6.07, 6.45) is 8.86. The quantitative estimate of drug-likeness (QED) is 0.816. The van der Waals surface area contributed by atoms with E-state index in [0.29, 0.717) is 29.4 Å². The zero-order chi connectivity index (χ0) is 20.2. The molecule has 4 aliphatic rings. The number of nitrogens with zero attached hydrogens (tertiary/aromatic N) is 2. The summed E-state index contributed by atoms with van der Waals surface area (Å²) in [7, 11) is -3.77. The van der Waals surface area contributed by atoms with Crippen LogP contribution in [0.5, 0.6) is 0 Å². The van der Waals surface area contributed by atoms with Gasteiger partial charge in [0, 0.05) is 24.6 Å². The van der Waals surface area contributed by atoms with Crippen molar-refractivity contribution in [3.8, 4) is 0 Å². The van der Waals surface area contributed by atoms with Crippen molar-refractivity contribution in [2.24, 2.45) is 22.2 Å². The molecule has 2 aliphatic heterocycles. The molecule has 7 heteroatoms. The normalized spacial score (nSPS) is 30.7. The summed E-state index contributed by atoms with van der Waals surface area (Å²) in [5, 5.41) is 3.14. The second kappa shape index (κ2) is 7.11. The molecule has 2 aliphatic carbocycles. The van der Waals surface area contributed by atoms with Gasteiger partial charge in [0.25, 0.3) is 15.9 Å². The molecule has 3 fully saturated rings. The van der Waals surface area contributed by atoms with Gasteiger partial charge in [0.1, 0.15) is 10.7 Å². The summed E-state index contributed by atoms with van der Waals surface area (Å²) in [5.74, 6) is 2.55. The lowest BCUT2D eigenvalue weighted by molar-refractivity contribution is 0.0915. The maximum absolute atomic E-state index is 12.9. The SMILES string of the molecule is C[C@@H](NC(=O)c1ccc2c(c1)S(=O)(=O)N=C1CCCCCN12)[C@@H]1C[C@H]2CC[C@H]1C2. The molecule has 156 valence electrons. The molecule has 1 aromatic carbocycles. The number of hydrogen-bond donors (Lipinski definition) is 1. The molecule has 1 N–H and O–H groups in total. The second-order valence-electron chi connectivity index (χ2n) is 9.23. The van der Waals surface area contributed by atoms with E-state index in [1.165, 1.54) is 31.7 Å². The third-order valence-corrected chi connectivity index (χ3v) is 8.74. The Hall–Kier alpha value is -1.89. The van der Waals surface area contributed by atoms with Crippen LogP contribution in [0.2, 0.25) is 0 Å². The predicted octanol–water partition coefficient (Wildman–Crippen LogP) is 3.72. The first kappa shape index (κ1) is 19.1. The Morgan fingerprint density at radius 2 is 2.07 bits per heavy atom. The van der Waals surface area contributed by atoms with E-state index in [2.05, 4.69) is 16.6 Å². The van der Waals surface area contributed by atoms with E-state index in [9.17, 15) is 13.2 Å². The van der Waals surface area contributed by atoms with Crippen molar-refractivity contribution < 1.29 is 13.2 Å². The summed E-state index contributed by atoms with van der Waals surface area (Å²) >= 11 is 0. The minimum atomic E-state index is -3.77. The van der Waals surface area contributed by atoms with Gasteiger partial charge in [-0.3, -0.25) is 4.79 Å². The molecule has 0 spiro atoms. The van der Waals surface area contributed by atoms with Gasteiger partial charge in [-0.1, -0.05) is 12.8 Å². The molecule has 1 amide bonds. The van der Waals surface area contributed by atoms with Gasteiger partial charge in [0.15, 0.2) is 0 Å². The van der Waals surface area contributed by atoms with Crippen LogP contribution in [-0.2, 0) is 10.0 Å². The van der Waals surface area contributed by atoms with Crippen LogP contribution in [0.1, 0.15) is 68.6 Å². The Morgan fingerprint density at radius 1 is 1.21 bits per heavy atom. The standard InChI is InChI=1S/C22H29N3O3S/c1-14(18-12-15-6-7-16(18)11-15)23-22(26)17-8-9-19-20(13-17)29(27,28)24-21-5-3-2-4-10-25(19)21/h8-9,13-16,18H,2-7,10-12H2,1H3,(H,23,26)/t14-,15+,16+,18+/m1/s1. The first-order valence-corrected chi connectivity index (χ1v) is 12.4. The van der Waals surface area contributed by atoms with Gasteiger partial charge in [-0.05, 0) is 75.0 Å². The Morgan fingerprint density at radius 3 is 2.83 bits per heavy atom. The van der Waals surface area contributed by atoms with Gasteiger partial charge in [0.05, 0.1) is 5.69 Å². The average Bonchev–Trinajstić information content (AvgIpc) is 3.25. The van der Waals surface area contributed by atoms with Crippen LogP contribution < -0.4 is 10.2 Å². The van der Waals surface area contributed by atoms with E-state index in [1.807, 2.05) is 4.90 Å². The number of fused-ring (bicyclic) bond motifs is 5. The summed E-state index contributed by atoms with van der Waals surface area (Å²) < 4.78 is 29.6. The third kappa shape index (κ3) is 3.37. The molecule has 0 radical (unpaired) electrons. The van der Waals surface area contributed by atoms with Crippen LogP contribution in [-0.4, -0.2) is 32.7 Å². The number of hydrogen-bond acceptors (Lipinski definition) is 4. The van der Waals surface area contributed by atoms with Crippen LogP contribution in [0.15, 0.2) is 27.5 Å². The largest absolute Gasteiger partial charge is 0.349 e. The van der Waals surface area contributed by atoms with Crippen molar-refractivity contribution >= 4 is 27.5 Å². The highest BCUT2D eigenvalue weighted by Gasteiger charge is 2.42. The Balaban J connectivity index is 1.39. The lowest BCUT2D eigenvalue weighted by Gasteiger charge is -2.30. The van der Waals surface area contributed by atoms with Crippen molar-refractivity contribution in [3.63, 3.8) is 0 Å². The zero-order valence-electron chi connectivity index (χ0n) is 16.9. The Kier molecular flexibility index (Phi) is 4.68. The van der Waals surface area contributed by atoms with Crippen molar-refractivity contribution in [2.75, 3.05) is 11.4 Å².